The highest BCUT2D eigenvalue weighted by molar-refractivity contribution is 5.79. The Morgan fingerprint density at radius 3 is 2.64 bits per heavy atom. The van der Waals surface area contributed by atoms with Gasteiger partial charge in [0.2, 0.25) is 0 Å². The van der Waals surface area contributed by atoms with Gasteiger partial charge in [0.1, 0.15) is 18.2 Å². The number of halogens is 2. The van der Waals surface area contributed by atoms with Crippen LogP contribution in [0.2, 0.25) is 0 Å². The Labute approximate surface area is 142 Å². The van der Waals surface area contributed by atoms with Crippen molar-refractivity contribution in [2.75, 3.05) is 0 Å². The molecule has 3 nitrogen and oxygen atoms in total. The molecule has 124 valence electrons. The summed E-state index contributed by atoms with van der Waals surface area (Å²) in [6.07, 6.45) is 0. The number of imidazole rings is 1. The number of hydrogen-bond donors (Lipinski definition) is 1. The summed E-state index contributed by atoms with van der Waals surface area (Å²) in [7, 11) is 0. The topological polar surface area (TPSA) is 37.9 Å². The molecule has 0 aliphatic heterocycles. The standard InChI is InChI=1S/C20H14F2N2O/c21-15-8-9-19(16(22)11-15)25-12-13-4-3-5-14(10-13)20-23-17-6-1-2-7-18(17)24-20/h1-11H,12H2,(H,23,24). The first-order valence-electron chi connectivity index (χ1n) is 7.81. The highest BCUT2D eigenvalue weighted by atomic mass is 19.1. The quantitative estimate of drug-likeness (QED) is 0.564. The summed E-state index contributed by atoms with van der Waals surface area (Å²) in [5, 5.41) is 0. The van der Waals surface area contributed by atoms with Gasteiger partial charge in [-0.05, 0) is 35.9 Å². The van der Waals surface area contributed by atoms with E-state index in [1.165, 1.54) is 12.1 Å². The summed E-state index contributed by atoms with van der Waals surface area (Å²) >= 11 is 0. The van der Waals surface area contributed by atoms with Gasteiger partial charge in [0, 0.05) is 11.6 Å². The molecule has 0 spiro atoms. The van der Waals surface area contributed by atoms with Crippen LogP contribution in [0.5, 0.6) is 5.75 Å². The van der Waals surface area contributed by atoms with Crippen molar-refractivity contribution in [2.45, 2.75) is 6.61 Å². The maximum absolute atomic E-state index is 13.6. The lowest BCUT2D eigenvalue weighted by atomic mass is 10.1. The van der Waals surface area contributed by atoms with Gasteiger partial charge in [-0.15, -0.1) is 0 Å². The Morgan fingerprint density at radius 1 is 0.920 bits per heavy atom. The number of nitrogens with zero attached hydrogens (tertiary/aromatic N) is 1. The fourth-order valence-electron chi connectivity index (χ4n) is 2.65. The molecule has 0 bridgehead atoms. The Bertz CT molecular complexity index is 1010. The molecule has 4 rings (SSSR count). The van der Waals surface area contributed by atoms with Crippen molar-refractivity contribution < 1.29 is 13.5 Å². The molecule has 3 aromatic carbocycles. The molecule has 0 radical (unpaired) electrons. The summed E-state index contributed by atoms with van der Waals surface area (Å²) in [6.45, 7) is 0.177. The molecule has 1 aromatic heterocycles. The molecule has 0 saturated heterocycles. The fraction of sp³-hybridized carbons (Fsp3) is 0.0500. The third-order valence-electron chi connectivity index (χ3n) is 3.88. The van der Waals surface area contributed by atoms with Gasteiger partial charge in [-0.25, -0.2) is 13.8 Å². The minimum atomic E-state index is -0.714. The molecular weight excluding hydrogens is 322 g/mol. The Hall–Kier alpha value is -3.21. The molecule has 0 aliphatic carbocycles. The van der Waals surface area contributed by atoms with Gasteiger partial charge in [-0.2, -0.15) is 0 Å². The van der Waals surface area contributed by atoms with E-state index in [4.69, 9.17) is 4.74 Å². The Morgan fingerprint density at radius 2 is 1.80 bits per heavy atom. The summed E-state index contributed by atoms with van der Waals surface area (Å²) < 4.78 is 32.0. The van der Waals surface area contributed by atoms with Crippen LogP contribution in [0.15, 0.2) is 66.7 Å². The van der Waals surface area contributed by atoms with Crippen molar-refractivity contribution in [3.05, 3.63) is 83.9 Å². The SMILES string of the molecule is Fc1ccc(OCc2cccc(-c3nc4ccccc4[nH]3)c2)c(F)c1. The number of aromatic nitrogens is 2. The molecule has 0 amide bonds. The van der Waals surface area contributed by atoms with Crippen LogP contribution in [0, 0.1) is 11.6 Å². The first kappa shape index (κ1) is 15.3. The highest BCUT2D eigenvalue weighted by Gasteiger charge is 2.08. The average Bonchev–Trinajstić information content (AvgIpc) is 3.05. The third kappa shape index (κ3) is 3.21. The number of rotatable bonds is 4. The van der Waals surface area contributed by atoms with Crippen LogP contribution in [-0.4, -0.2) is 9.97 Å². The van der Waals surface area contributed by atoms with E-state index in [2.05, 4.69) is 9.97 Å². The number of fused-ring (bicyclic) bond motifs is 1. The molecule has 0 unspecified atom stereocenters. The molecule has 25 heavy (non-hydrogen) atoms. The first-order valence-corrected chi connectivity index (χ1v) is 7.81. The highest BCUT2D eigenvalue weighted by Crippen LogP contribution is 2.23. The van der Waals surface area contributed by atoms with Gasteiger partial charge >= 0.3 is 0 Å². The van der Waals surface area contributed by atoms with Crippen LogP contribution < -0.4 is 4.74 Å². The van der Waals surface area contributed by atoms with E-state index < -0.39 is 11.6 Å². The number of benzene rings is 3. The number of para-hydroxylation sites is 2. The van der Waals surface area contributed by atoms with Crippen LogP contribution in [0.1, 0.15) is 5.56 Å². The number of ether oxygens (including phenoxy) is 1. The summed E-state index contributed by atoms with van der Waals surface area (Å²) in [6, 6.07) is 18.7. The second-order valence-corrected chi connectivity index (χ2v) is 5.67. The van der Waals surface area contributed by atoms with E-state index in [1.54, 1.807) is 0 Å². The van der Waals surface area contributed by atoms with Gasteiger partial charge in [-0.3, -0.25) is 0 Å². The Kier molecular flexibility index (Phi) is 3.90. The third-order valence-corrected chi connectivity index (χ3v) is 3.88. The second-order valence-electron chi connectivity index (χ2n) is 5.67. The molecule has 0 fully saturated rings. The molecule has 1 N–H and O–H groups in total. The minimum absolute atomic E-state index is 0.0236. The minimum Gasteiger partial charge on any atom is -0.486 e. The van der Waals surface area contributed by atoms with Crippen LogP contribution in [0.4, 0.5) is 8.78 Å². The summed E-state index contributed by atoms with van der Waals surface area (Å²) in [5.74, 6) is -0.559. The zero-order valence-corrected chi connectivity index (χ0v) is 13.2. The zero-order chi connectivity index (χ0) is 17.2. The molecular formula is C20H14F2N2O. The van der Waals surface area contributed by atoms with E-state index in [-0.39, 0.29) is 12.4 Å². The van der Waals surface area contributed by atoms with E-state index >= 15 is 0 Å². The molecule has 4 aromatic rings. The lowest BCUT2D eigenvalue weighted by Crippen LogP contribution is -1.98. The molecule has 0 saturated carbocycles. The number of aromatic amines is 1. The second kappa shape index (κ2) is 6.36. The van der Waals surface area contributed by atoms with E-state index in [9.17, 15) is 8.78 Å². The van der Waals surface area contributed by atoms with Crippen molar-refractivity contribution in [1.29, 1.82) is 0 Å². The first-order chi connectivity index (χ1) is 12.2. The smallest absolute Gasteiger partial charge is 0.167 e. The van der Waals surface area contributed by atoms with E-state index in [0.29, 0.717) is 0 Å². The number of hydrogen-bond acceptors (Lipinski definition) is 2. The maximum Gasteiger partial charge on any atom is 0.167 e. The van der Waals surface area contributed by atoms with E-state index in [0.717, 1.165) is 34.1 Å². The van der Waals surface area contributed by atoms with Gasteiger partial charge in [0.05, 0.1) is 11.0 Å². The summed E-state index contributed by atoms with van der Waals surface area (Å²) in [4.78, 5) is 7.84. The van der Waals surface area contributed by atoms with Gasteiger partial charge < -0.3 is 9.72 Å². The van der Waals surface area contributed by atoms with Crippen molar-refractivity contribution >= 4 is 11.0 Å². The van der Waals surface area contributed by atoms with Crippen LogP contribution in [-0.2, 0) is 6.61 Å². The van der Waals surface area contributed by atoms with Crippen LogP contribution >= 0.6 is 0 Å². The fourth-order valence-corrected chi connectivity index (χ4v) is 2.65. The van der Waals surface area contributed by atoms with Crippen molar-refractivity contribution in [3.8, 4) is 17.1 Å². The number of nitrogens with one attached hydrogen (secondary N) is 1. The van der Waals surface area contributed by atoms with Crippen LogP contribution in [0.3, 0.4) is 0 Å². The molecule has 0 aliphatic rings. The molecule has 0 atom stereocenters. The largest absolute Gasteiger partial charge is 0.486 e. The van der Waals surface area contributed by atoms with Crippen molar-refractivity contribution in [3.63, 3.8) is 0 Å². The zero-order valence-electron chi connectivity index (χ0n) is 13.2. The molecule has 1 heterocycles. The lowest BCUT2D eigenvalue weighted by molar-refractivity contribution is 0.289. The average molecular weight is 336 g/mol. The lowest BCUT2D eigenvalue weighted by Gasteiger charge is -2.08. The van der Waals surface area contributed by atoms with Crippen LogP contribution in [0.25, 0.3) is 22.4 Å². The van der Waals surface area contributed by atoms with Gasteiger partial charge in [0.25, 0.3) is 0 Å². The number of H-pyrrole nitrogens is 1. The predicted molar refractivity (Wildman–Crippen MR) is 92.2 cm³/mol. The van der Waals surface area contributed by atoms with Crippen molar-refractivity contribution in [1.82, 2.24) is 9.97 Å². The monoisotopic (exact) mass is 336 g/mol. The molecule has 5 heteroatoms. The van der Waals surface area contributed by atoms with Crippen molar-refractivity contribution in [2.24, 2.45) is 0 Å². The van der Waals surface area contributed by atoms with Gasteiger partial charge in [-0.1, -0.05) is 30.3 Å². The predicted octanol–water partition coefficient (Wildman–Crippen LogP) is 5.09. The Balaban J connectivity index is 1.56. The maximum atomic E-state index is 13.6. The van der Waals surface area contributed by atoms with Gasteiger partial charge in [0.15, 0.2) is 11.6 Å². The van der Waals surface area contributed by atoms with E-state index in [1.807, 2.05) is 48.5 Å². The normalized spacial score (nSPS) is 11.0. The summed E-state index contributed by atoms with van der Waals surface area (Å²) in [5.41, 5.74) is 3.64.